The van der Waals surface area contributed by atoms with Crippen LogP contribution in [0.1, 0.15) is 19.2 Å². The minimum absolute atomic E-state index is 0.453. The number of hydrogen-bond acceptors (Lipinski definition) is 2. The second-order valence-electron chi connectivity index (χ2n) is 2.71. The van der Waals surface area contributed by atoms with Gasteiger partial charge in [-0.05, 0) is 12.5 Å². The Labute approximate surface area is 77.1 Å². The summed E-state index contributed by atoms with van der Waals surface area (Å²) in [5, 5.41) is 0. The molecule has 0 atom stereocenters. The van der Waals surface area contributed by atoms with Crippen molar-refractivity contribution < 1.29 is 4.79 Å². The van der Waals surface area contributed by atoms with Crippen molar-refractivity contribution in [3.8, 4) is 0 Å². The van der Waals surface area contributed by atoms with Crippen molar-refractivity contribution in [1.29, 1.82) is 0 Å². The number of rotatable bonds is 4. The second kappa shape index (κ2) is 4.45. The third-order valence-corrected chi connectivity index (χ3v) is 1.61. The summed E-state index contributed by atoms with van der Waals surface area (Å²) in [5.74, 6) is 0.312. The Hall–Kier alpha value is -1.58. The first-order valence-corrected chi connectivity index (χ1v) is 4.22. The maximum absolute atomic E-state index is 10.5. The Bertz CT molecular complexity index is 314. The van der Waals surface area contributed by atoms with E-state index in [0.717, 1.165) is 18.8 Å². The fourth-order valence-electron chi connectivity index (χ4n) is 1.07. The van der Waals surface area contributed by atoms with Gasteiger partial charge in [0.15, 0.2) is 0 Å². The summed E-state index contributed by atoms with van der Waals surface area (Å²) >= 11 is 0. The van der Waals surface area contributed by atoms with E-state index >= 15 is 0 Å². The molecule has 0 radical (unpaired) electrons. The van der Waals surface area contributed by atoms with Crippen LogP contribution in [0.15, 0.2) is 18.5 Å². The Kier molecular flexibility index (Phi) is 3.25. The first kappa shape index (κ1) is 9.51. The Balaban J connectivity index is 2.75. The van der Waals surface area contributed by atoms with Crippen LogP contribution < -0.4 is 5.73 Å². The highest BCUT2D eigenvalue weighted by Crippen LogP contribution is 2.01. The minimum Gasteiger partial charge on any atom is -0.366 e. The first-order chi connectivity index (χ1) is 6.24. The van der Waals surface area contributed by atoms with Gasteiger partial charge < -0.3 is 10.3 Å². The van der Waals surface area contributed by atoms with Crippen molar-refractivity contribution >= 4 is 12.0 Å². The van der Waals surface area contributed by atoms with Gasteiger partial charge in [-0.3, -0.25) is 4.79 Å². The van der Waals surface area contributed by atoms with E-state index in [1.165, 1.54) is 6.08 Å². The van der Waals surface area contributed by atoms with E-state index in [1.54, 1.807) is 12.3 Å². The highest BCUT2D eigenvalue weighted by molar-refractivity contribution is 5.89. The highest BCUT2D eigenvalue weighted by Gasteiger charge is 1.96. The molecule has 0 aliphatic rings. The van der Waals surface area contributed by atoms with Crippen LogP contribution in [0.3, 0.4) is 0 Å². The molecule has 2 N–H and O–H groups in total. The lowest BCUT2D eigenvalue weighted by atomic mass is 10.4. The van der Waals surface area contributed by atoms with Crippen molar-refractivity contribution in [3.63, 3.8) is 0 Å². The lowest BCUT2D eigenvalue weighted by molar-refractivity contribution is -0.113. The molecule has 70 valence electrons. The number of aromatic nitrogens is 2. The third-order valence-electron chi connectivity index (χ3n) is 1.61. The lowest BCUT2D eigenvalue weighted by Gasteiger charge is -2.00. The van der Waals surface area contributed by atoms with Crippen molar-refractivity contribution in [2.45, 2.75) is 19.9 Å². The number of hydrogen-bond donors (Lipinski definition) is 1. The molecule has 0 bridgehead atoms. The molecule has 0 aliphatic carbocycles. The maximum atomic E-state index is 10.5. The average Bonchev–Trinajstić information content (AvgIpc) is 2.49. The van der Waals surface area contributed by atoms with Crippen LogP contribution in [-0.2, 0) is 11.3 Å². The van der Waals surface area contributed by atoms with E-state index in [4.69, 9.17) is 5.73 Å². The van der Waals surface area contributed by atoms with Gasteiger partial charge in [0.05, 0.1) is 0 Å². The van der Waals surface area contributed by atoms with E-state index < -0.39 is 5.91 Å². The monoisotopic (exact) mass is 179 g/mol. The minimum atomic E-state index is -0.453. The van der Waals surface area contributed by atoms with E-state index in [0.29, 0.717) is 0 Å². The smallest absolute Gasteiger partial charge is 0.241 e. The zero-order chi connectivity index (χ0) is 9.68. The van der Waals surface area contributed by atoms with Gasteiger partial charge in [0.1, 0.15) is 5.82 Å². The van der Waals surface area contributed by atoms with Crippen LogP contribution in [0.25, 0.3) is 6.08 Å². The van der Waals surface area contributed by atoms with Crippen LogP contribution in [0.4, 0.5) is 0 Å². The van der Waals surface area contributed by atoms with Crippen LogP contribution in [0, 0.1) is 0 Å². The summed E-state index contributed by atoms with van der Waals surface area (Å²) in [5.41, 5.74) is 4.97. The number of imidazole rings is 1. The number of nitrogens with zero attached hydrogens (tertiary/aromatic N) is 2. The lowest BCUT2D eigenvalue weighted by Crippen LogP contribution is -2.06. The predicted octanol–water partition coefficient (Wildman–Crippen LogP) is 0.792. The van der Waals surface area contributed by atoms with Gasteiger partial charge in [0.25, 0.3) is 0 Å². The molecule has 4 nitrogen and oxygen atoms in total. The van der Waals surface area contributed by atoms with Gasteiger partial charge in [0, 0.05) is 25.0 Å². The second-order valence-corrected chi connectivity index (χ2v) is 2.71. The van der Waals surface area contributed by atoms with E-state index in [9.17, 15) is 4.79 Å². The zero-order valence-corrected chi connectivity index (χ0v) is 7.60. The molecule has 1 aromatic heterocycles. The molecule has 0 saturated carbocycles. The van der Waals surface area contributed by atoms with Gasteiger partial charge >= 0.3 is 0 Å². The molecule has 0 aliphatic heterocycles. The fraction of sp³-hybridized carbons (Fsp3) is 0.333. The summed E-state index contributed by atoms with van der Waals surface area (Å²) in [4.78, 5) is 14.5. The number of carbonyl (C=O) groups is 1. The molecule has 1 aromatic rings. The first-order valence-electron chi connectivity index (χ1n) is 4.22. The van der Waals surface area contributed by atoms with Gasteiger partial charge in [-0.2, -0.15) is 0 Å². The van der Waals surface area contributed by atoms with Crippen molar-refractivity contribution in [2.75, 3.05) is 0 Å². The SMILES string of the molecule is CCCn1ccnc1/C=C\C(N)=O. The standard InChI is InChI=1S/C9H13N3O/c1-2-6-12-7-5-11-9(12)4-3-8(10)13/h3-5,7H,2,6H2,1H3,(H2,10,13)/b4-3-. The Morgan fingerprint density at radius 3 is 3.15 bits per heavy atom. The van der Waals surface area contributed by atoms with Gasteiger partial charge in [0.2, 0.25) is 5.91 Å². The summed E-state index contributed by atoms with van der Waals surface area (Å²) in [6, 6.07) is 0. The summed E-state index contributed by atoms with van der Waals surface area (Å²) in [7, 11) is 0. The summed E-state index contributed by atoms with van der Waals surface area (Å²) < 4.78 is 1.97. The van der Waals surface area contributed by atoms with Gasteiger partial charge in [-0.15, -0.1) is 0 Å². The van der Waals surface area contributed by atoms with E-state index in [2.05, 4.69) is 11.9 Å². The molecule has 4 heteroatoms. The average molecular weight is 179 g/mol. The number of carbonyl (C=O) groups excluding carboxylic acids is 1. The topological polar surface area (TPSA) is 60.9 Å². The maximum Gasteiger partial charge on any atom is 0.241 e. The molecule has 0 unspecified atom stereocenters. The molecule has 0 fully saturated rings. The highest BCUT2D eigenvalue weighted by atomic mass is 16.1. The molecular weight excluding hydrogens is 166 g/mol. The fourth-order valence-corrected chi connectivity index (χ4v) is 1.07. The number of amides is 1. The van der Waals surface area contributed by atoms with Crippen LogP contribution in [0.5, 0.6) is 0 Å². The molecule has 13 heavy (non-hydrogen) atoms. The molecule has 1 heterocycles. The van der Waals surface area contributed by atoms with Crippen molar-refractivity contribution in [1.82, 2.24) is 9.55 Å². The Morgan fingerprint density at radius 1 is 1.77 bits per heavy atom. The van der Waals surface area contributed by atoms with Crippen molar-refractivity contribution in [2.24, 2.45) is 5.73 Å². The predicted molar refractivity (Wildman–Crippen MR) is 50.7 cm³/mol. The zero-order valence-electron chi connectivity index (χ0n) is 7.60. The van der Waals surface area contributed by atoms with Crippen LogP contribution >= 0.6 is 0 Å². The molecular formula is C9H13N3O. The largest absolute Gasteiger partial charge is 0.366 e. The van der Waals surface area contributed by atoms with E-state index in [-0.39, 0.29) is 0 Å². The summed E-state index contributed by atoms with van der Waals surface area (Å²) in [6.45, 7) is 2.99. The molecule has 1 amide bonds. The van der Waals surface area contributed by atoms with Crippen LogP contribution in [0.2, 0.25) is 0 Å². The van der Waals surface area contributed by atoms with Crippen LogP contribution in [-0.4, -0.2) is 15.5 Å². The molecule has 1 rings (SSSR count). The molecule has 0 aromatic carbocycles. The number of primary amides is 1. The van der Waals surface area contributed by atoms with Gasteiger partial charge in [-0.25, -0.2) is 4.98 Å². The number of aryl methyl sites for hydroxylation is 1. The van der Waals surface area contributed by atoms with Gasteiger partial charge in [-0.1, -0.05) is 6.92 Å². The third kappa shape index (κ3) is 2.74. The normalized spacial score (nSPS) is 10.8. The van der Waals surface area contributed by atoms with E-state index in [1.807, 2.05) is 10.8 Å². The molecule has 0 saturated heterocycles. The summed E-state index contributed by atoms with van der Waals surface area (Å²) in [6.07, 6.45) is 7.56. The van der Waals surface area contributed by atoms with Crippen molar-refractivity contribution in [3.05, 3.63) is 24.3 Å². The molecule has 0 spiro atoms. The number of nitrogens with two attached hydrogens (primary N) is 1. The Morgan fingerprint density at radius 2 is 2.54 bits per heavy atom. The quantitative estimate of drug-likeness (QED) is 0.695.